The highest BCUT2D eigenvalue weighted by Gasteiger charge is 2.13. The van der Waals surface area contributed by atoms with E-state index in [9.17, 15) is 14.4 Å². The second-order valence-electron chi connectivity index (χ2n) is 8.07. The van der Waals surface area contributed by atoms with Crippen molar-refractivity contribution in [2.45, 2.75) is 13.8 Å². The second kappa shape index (κ2) is 14.6. The molecule has 3 N–H and O–H groups in total. The zero-order valence-corrected chi connectivity index (χ0v) is 21.7. The van der Waals surface area contributed by atoms with Gasteiger partial charge in [0.05, 0.1) is 12.8 Å². The van der Waals surface area contributed by atoms with Crippen molar-refractivity contribution < 1.29 is 28.6 Å². The molecular formula is C29H30N4O6. The van der Waals surface area contributed by atoms with Gasteiger partial charge in [0.25, 0.3) is 5.91 Å². The SMILES string of the molecule is C=CCOc1ccc(NC(=O)C(=O)N/N=C\c2ccc(OCC(=O)Nc3ccccc3C)c(OCC)c2)cc1. The minimum Gasteiger partial charge on any atom is -0.490 e. The molecule has 0 aliphatic heterocycles. The average molecular weight is 531 g/mol. The number of hydrazone groups is 1. The lowest BCUT2D eigenvalue weighted by atomic mass is 10.2. The number of nitrogens with one attached hydrogen (secondary N) is 3. The fourth-order valence-electron chi connectivity index (χ4n) is 3.23. The number of benzene rings is 3. The van der Waals surface area contributed by atoms with Crippen molar-refractivity contribution in [3.05, 3.63) is 90.5 Å². The Morgan fingerprint density at radius 1 is 0.897 bits per heavy atom. The molecule has 0 unspecified atom stereocenters. The minimum atomic E-state index is -0.942. The van der Waals surface area contributed by atoms with E-state index in [-0.39, 0.29) is 12.5 Å². The molecule has 10 nitrogen and oxygen atoms in total. The van der Waals surface area contributed by atoms with Gasteiger partial charge >= 0.3 is 11.8 Å². The molecule has 3 aromatic carbocycles. The van der Waals surface area contributed by atoms with E-state index >= 15 is 0 Å². The maximum absolute atomic E-state index is 12.3. The Kier molecular flexibility index (Phi) is 10.6. The molecule has 39 heavy (non-hydrogen) atoms. The quantitative estimate of drug-likeness (QED) is 0.140. The molecular weight excluding hydrogens is 500 g/mol. The highest BCUT2D eigenvalue weighted by molar-refractivity contribution is 6.39. The summed E-state index contributed by atoms with van der Waals surface area (Å²) >= 11 is 0. The van der Waals surface area contributed by atoms with Gasteiger partial charge in [0.1, 0.15) is 12.4 Å². The van der Waals surface area contributed by atoms with Gasteiger partial charge in [-0.25, -0.2) is 5.43 Å². The van der Waals surface area contributed by atoms with Crippen LogP contribution in [0.2, 0.25) is 0 Å². The standard InChI is InChI=1S/C29H30N4O6/c1-4-16-38-23-13-11-22(12-14-23)31-28(35)29(36)33-30-18-21-10-15-25(26(17-21)37-5-2)39-19-27(34)32-24-9-7-6-8-20(24)3/h4,6-15,17-18H,1,5,16,19H2,2-3H3,(H,31,35)(H,32,34)(H,33,36)/b30-18-. The number of carbonyl (C=O) groups excluding carboxylic acids is 3. The van der Waals surface area contributed by atoms with Crippen molar-refractivity contribution in [1.82, 2.24) is 5.43 Å². The molecule has 0 bridgehead atoms. The maximum Gasteiger partial charge on any atom is 0.329 e. The molecule has 0 aromatic heterocycles. The number of hydrogen-bond donors (Lipinski definition) is 3. The summed E-state index contributed by atoms with van der Waals surface area (Å²) in [6.45, 7) is 7.81. The highest BCUT2D eigenvalue weighted by Crippen LogP contribution is 2.28. The number of nitrogens with zero attached hydrogens (tertiary/aromatic N) is 1. The summed E-state index contributed by atoms with van der Waals surface area (Å²) in [5.74, 6) is -0.754. The first-order valence-corrected chi connectivity index (χ1v) is 12.1. The predicted octanol–water partition coefficient (Wildman–Crippen LogP) is 4.06. The fraction of sp³-hybridized carbons (Fsp3) is 0.172. The summed E-state index contributed by atoms with van der Waals surface area (Å²) in [7, 11) is 0. The van der Waals surface area contributed by atoms with E-state index in [4.69, 9.17) is 14.2 Å². The molecule has 3 aromatic rings. The summed E-state index contributed by atoms with van der Waals surface area (Å²) in [6, 6.07) is 18.9. The van der Waals surface area contributed by atoms with Gasteiger partial charge in [-0.05, 0) is 73.5 Å². The zero-order chi connectivity index (χ0) is 28.0. The van der Waals surface area contributed by atoms with Crippen molar-refractivity contribution in [3.8, 4) is 17.2 Å². The second-order valence-corrected chi connectivity index (χ2v) is 8.07. The summed E-state index contributed by atoms with van der Waals surface area (Å²) in [6.07, 6.45) is 2.98. The van der Waals surface area contributed by atoms with Crippen LogP contribution in [-0.4, -0.2) is 43.8 Å². The number of amides is 3. The van der Waals surface area contributed by atoms with Crippen molar-refractivity contribution in [3.63, 3.8) is 0 Å². The van der Waals surface area contributed by atoms with Crippen LogP contribution < -0.4 is 30.3 Å². The summed E-state index contributed by atoms with van der Waals surface area (Å²) in [5, 5.41) is 9.12. The van der Waals surface area contributed by atoms with Crippen LogP contribution in [0.1, 0.15) is 18.1 Å². The van der Waals surface area contributed by atoms with Gasteiger partial charge in [0, 0.05) is 11.4 Å². The number of aryl methyl sites for hydroxylation is 1. The smallest absolute Gasteiger partial charge is 0.329 e. The topological polar surface area (TPSA) is 127 Å². The van der Waals surface area contributed by atoms with E-state index in [0.717, 1.165) is 5.56 Å². The number of carbonyl (C=O) groups is 3. The van der Waals surface area contributed by atoms with Crippen molar-refractivity contribution in [2.75, 3.05) is 30.5 Å². The van der Waals surface area contributed by atoms with E-state index < -0.39 is 11.8 Å². The molecule has 3 amide bonds. The molecule has 0 saturated heterocycles. The number of anilines is 2. The monoisotopic (exact) mass is 530 g/mol. The lowest BCUT2D eigenvalue weighted by molar-refractivity contribution is -0.136. The van der Waals surface area contributed by atoms with Gasteiger partial charge in [-0.3, -0.25) is 14.4 Å². The third kappa shape index (κ3) is 9.04. The van der Waals surface area contributed by atoms with Gasteiger partial charge in [-0.2, -0.15) is 5.10 Å². The van der Waals surface area contributed by atoms with Crippen molar-refractivity contribution in [1.29, 1.82) is 0 Å². The Labute approximate surface area is 226 Å². The lowest BCUT2D eigenvalue weighted by Gasteiger charge is -2.13. The van der Waals surface area contributed by atoms with Crippen LogP contribution in [0.15, 0.2) is 84.5 Å². The first-order chi connectivity index (χ1) is 18.9. The van der Waals surface area contributed by atoms with Crippen LogP contribution in [0, 0.1) is 6.92 Å². The van der Waals surface area contributed by atoms with E-state index in [0.29, 0.717) is 47.4 Å². The Balaban J connectivity index is 1.53. The summed E-state index contributed by atoms with van der Waals surface area (Å²) in [5.41, 5.74) is 4.84. The van der Waals surface area contributed by atoms with E-state index in [1.54, 1.807) is 48.5 Å². The Bertz CT molecular complexity index is 1340. The maximum atomic E-state index is 12.3. The molecule has 0 atom stereocenters. The average Bonchev–Trinajstić information content (AvgIpc) is 2.93. The third-order valence-electron chi connectivity index (χ3n) is 5.11. The van der Waals surface area contributed by atoms with Crippen LogP contribution in [0.5, 0.6) is 17.2 Å². The fourth-order valence-corrected chi connectivity index (χ4v) is 3.23. The van der Waals surface area contributed by atoms with Crippen molar-refractivity contribution >= 4 is 35.3 Å². The summed E-state index contributed by atoms with van der Waals surface area (Å²) in [4.78, 5) is 36.6. The molecule has 0 aliphatic carbocycles. The first-order valence-electron chi connectivity index (χ1n) is 12.1. The molecule has 0 fully saturated rings. The van der Waals surface area contributed by atoms with Gasteiger partial charge in [-0.15, -0.1) is 0 Å². The van der Waals surface area contributed by atoms with Crippen LogP contribution in [0.25, 0.3) is 0 Å². The Morgan fingerprint density at radius 2 is 1.67 bits per heavy atom. The van der Waals surface area contributed by atoms with Crippen LogP contribution in [-0.2, 0) is 14.4 Å². The molecule has 0 radical (unpaired) electrons. The van der Waals surface area contributed by atoms with Gasteiger partial charge < -0.3 is 24.8 Å². The Morgan fingerprint density at radius 3 is 2.38 bits per heavy atom. The van der Waals surface area contributed by atoms with Gasteiger partial charge in [0.2, 0.25) is 0 Å². The number of ether oxygens (including phenoxy) is 3. The normalized spacial score (nSPS) is 10.4. The molecule has 0 heterocycles. The van der Waals surface area contributed by atoms with E-state index in [1.165, 1.54) is 6.21 Å². The first kappa shape index (κ1) is 28.5. The minimum absolute atomic E-state index is 0.211. The molecule has 0 aliphatic rings. The molecule has 3 rings (SSSR count). The molecule has 0 saturated carbocycles. The number of hydrogen-bond acceptors (Lipinski definition) is 7. The number of rotatable bonds is 12. The third-order valence-corrected chi connectivity index (χ3v) is 5.11. The van der Waals surface area contributed by atoms with Crippen LogP contribution >= 0.6 is 0 Å². The van der Waals surface area contributed by atoms with Crippen LogP contribution in [0.4, 0.5) is 11.4 Å². The molecule has 10 heteroatoms. The van der Waals surface area contributed by atoms with Crippen molar-refractivity contribution in [2.24, 2.45) is 5.10 Å². The van der Waals surface area contributed by atoms with Gasteiger partial charge in [0.15, 0.2) is 18.1 Å². The van der Waals surface area contributed by atoms with Gasteiger partial charge in [-0.1, -0.05) is 30.9 Å². The zero-order valence-electron chi connectivity index (χ0n) is 21.7. The predicted molar refractivity (Wildman–Crippen MR) is 149 cm³/mol. The van der Waals surface area contributed by atoms with E-state index in [2.05, 4.69) is 27.7 Å². The summed E-state index contributed by atoms with van der Waals surface area (Å²) < 4.78 is 16.7. The van der Waals surface area contributed by atoms with E-state index in [1.807, 2.05) is 38.1 Å². The Hall–Kier alpha value is -5.12. The number of para-hydroxylation sites is 1. The lowest BCUT2D eigenvalue weighted by Crippen LogP contribution is -2.32. The van der Waals surface area contributed by atoms with Crippen LogP contribution in [0.3, 0.4) is 0 Å². The molecule has 0 spiro atoms. The highest BCUT2D eigenvalue weighted by atomic mass is 16.5. The molecule has 202 valence electrons. The largest absolute Gasteiger partial charge is 0.490 e.